The van der Waals surface area contributed by atoms with Crippen molar-refractivity contribution in [1.82, 2.24) is 14.7 Å². The van der Waals surface area contributed by atoms with E-state index in [4.69, 9.17) is 17.3 Å². The van der Waals surface area contributed by atoms with Gasteiger partial charge in [-0.05, 0) is 40.8 Å². The molecular formula is C15H29ClN4. The van der Waals surface area contributed by atoms with Crippen LogP contribution in [0.4, 0.5) is 0 Å². The SMILES string of the molecule is CCc1nn(CC)c(CC(N)C(C)(CC)N(C)C)c1Cl. The number of rotatable bonds is 7. The molecule has 1 aromatic heterocycles. The quantitative estimate of drug-likeness (QED) is 0.842. The molecular weight excluding hydrogens is 272 g/mol. The molecule has 2 N–H and O–H groups in total. The van der Waals surface area contributed by atoms with E-state index in [9.17, 15) is 0 Å². The predicted octanol–water partition coefficient (Wildman–Crippen LogP) is 2.72. The fourth-order valence-corrected chi connectivity index (χ4v) is 2.90. The summed E-state index contributed by atoms with van der Waals surface area (Å²) in [6.45, 7) is 9.37. The highest BCUT2D eigenvalue weighted by atomic mass is 35.5. The predicted molar refractivity (Wildman–Crippen MR) is 86.4 cm³/mol. The van der Waals surface area contributed by atoms with Gasteiger partial charge in [0.2, 0.25) is 0 Å². The van der Waals surface area contributed by atoms with Gasteiger partial charge in [-0.3, -0.25) is 4.68 Å². The molecule has 20 heavy (non-hydrogen) atoms. The minimum Gasteiger partial charge on any atom is -0.326 e. The Morgan fingerprint density at radius 3 is 2.35 bits per heavy atom. The molecule has 1 aromatic rings. The van der Waals surface area contributed by atoms with Crippen LogP contribution in [0.2, 0.25) is 5.02 Å². The molecule has 0 saturated heterocycles. The molecule has 4 nitrogen and oxygen atoms in total. The zero-order valence-electron chi connectivity index (χ0n) is 13.7. The molecule has 0 aliphatic rings. The molecule has 0 aromatic carbocycles. The lowest BCUT2D eigenvalue weighted by Crippen LogP contribution is -2.56. The molecule has 2 unspecified atom stereocenters. The number of halogens is 1. The molecule has 116 valence electrons. The lowest BCUT2D eigenvalue weighted by atomic mass is 9.85. The summed E-state index contributed by atoms with van der Waals surface area (Å²) in [4.78, 5) is 2.21. The van der Waals surface area contributed by atoms with Crippen LogP contribution in [0.3, 0.4) is 0 Å². The summed E-state index contributed by atoms with van der Waals surface area (Å²) in [5.41, 5.74) is 8.49. The van der Waals surface area contributed by atoms with E-state index in [1.807, 2.05) is 4.68 Å². The molecule has 0 fully saturated rings. The molecule has 0 bridgehead atoms. The monoisotopic (exact) mass is 300 g/mol. The molecule has 2 atom stereocenters. The van der Waals surface area contributed by atoms with Gasteiger partial charge >= 0.3 is 0 Å². The topological polar surface area (TPSA) is 47.1 Å². The van der Waals surface area contributed by atoms with Gasteiger partial charge in [0.05, 0.1) is 16.4 Å². The minimum absolute atomic E-state index is 0.0201. The van der Waals surface area contributed by atoms with Gasteiger partial charge in [0.25, 0.3) is 0 Å². The number of hydrogen-bond donors (Lipinski definition) is 1. The Hall–Kier alpha value is -0.580. The highest BCUT2D eigenvalue weighted by Crippen LogP contribution is 2.27. The Morgan fingerprint density at radius 2 is 1.95 bits per heavy atom. The third-order valence-electron chi connectivity index (χ3n) is 4.64. The van der Waals surface area contributed by atoms with E-state index in [1.54, 1.807) is 0 Å². The summed E-state index contributed by atoms with van der Waals surface area (Å²) >= 11 is 6.47. The maximum absolute atomic E-state index is 6.50. The van der Waals surface area contributed by atoms with E-state index in [1.165, 1.54) is 0 Å². The molecule has 0 radical (unpaired) electrons. The van der Waals surface area contributed by atoms with Crippen LogP contribution in [0.5, 0.6) is 0 Å². The van der Waals surface area contributed by atoms with Gasteiger partial charge in [-0.15, -0.1) is 0 Å². The van der Waals surface area contributed by atoms with Crippen LogP contribution in [-0.4, -0.2) is 40.4 Å². The second-order valence-corrected chi connectivity index (χ2v) is 6.17. The van der Waals surface area contributed by atoms with E-state index < -0.39 is 0 Å². The van der Waals surface area contributed by atoms with Crippen LogP contribution in [0.25, 0.3) is 0 Å². The number of hydrogen-bond acceptors (Lipinski definition) is 3. The first kappa shape index (κ1) is 17.5. The number of nitrogens with zero attached hydrogens (tertiary/aromatic N) is 3. The Morgan fingerprint density at radius 1 is 1.35 bits per heavy atom. The summed E-state index contributed by atoms with van der Waals surface area (Å²) in [5.74, 6) is 0. The highest BCUT2D eigenvalue weighted by Gasteiger charge is 2.33. The van der Waals surface area contributed by atoms with Crippen LogP contribution < -0.4 is 5.73 Å². The second-order valence-electron chi connectivity index (χ2n) is 5.79. The summed E-state index contributed by atoms with van der Waals surface area (Å²) in [6.07, 6.45) is 2.61. The lowest BCUT2D eigenvalue weighted by molar-refractivity contribution is 0.130. The van der Waals surface area contributed by atoms with E-state index in [0.29, 0.717) is 0 Å². The summed E-state index contributed by atoms with van der Waals surface area (Å²) in [7, 11) is 4.17. The van der Waals surface area contributed by atoms with Crippen LogP contribution in [-0.2, 0) is 19.4 Å². The number of nitrogens with two attached hydrogens (primary N) is 1. The summed E-state index contributed by atoms with van der Waals surface area (Å²) in [6, 6.07) is 0.0201. The number of aromatic nitrogens is 2. The first-order valence-electron chi connectivity index (χ1n) is 7.48. The van der Waals surface area contributed by atoms with Crippen LogP contribution >= 0.6 is 11.6 Å². The van der Waals surface area contributed by atoms with E-state index in [0.717, 1.165) is 42.2 Å². The Kier molecular flexibility index (Phi) is 6.05. The Balaban J connectivity index is 3.06. The van der Waals surface area contributed by atoms with Crippen molar-refractivity contribution in [3.8, 4) is 0 Å². The van der Waals surface area contributed by atoms with Crippen LogP contribution in [0.15, 0.2) is 0 Å². The lowest BCUT2D eigenvalue weighted by Gasteiger charge is -2.41. The zero-order valence-corrected chi connectivity index (χ0v) is 14.5. The minimum atomic E-state index is -0.0431. The van der Waals surface area contributed by atoms with Gasteiger partial charge in [-0.1, -0.05) is 25.4 Å². The normalized spacial score (nSPS) is 16.4. The van der Waals surface area contributed by atoms with Crippen molar-refractivity contribution in [3.05, 3.63) is 16.4 Å². The zero-order chi connectivity index (χ0) is 15.5. The average molecular weight is 301 g/mol. The summed E-state index contributed by atoms with van der Waals surface area (Å²) < 4.78 is 1.99. The van der Waals surface area contributed by atoms with Crippen molar-refractivity contribution in [2.45, 2.75) is 65.1 Å². The fourth-order valence-electron chi connectivity index (χ4n) is 2.55. The molecule has 0 aliphatic carbocycles. The second kappa shape index (κ2) is 6.92. The van der Waals surface area contributed by atoms with E-state index in [-0.39, 0.29) is 11.6 Å². The van der Waals surface area contributed by atoms with Gasteiger partial charge in [-0.25, -0.2) is 0 Å². The van der Waals surface area contributed by atoms with Gasteiger partial charge in [0.15, 0.2) is 0 Å². The highest BCUT2D eigenvalue weighted by molar-refractivity contribution is 6.31. The average Bonchev–Trinajstić information content (AvgIpc) is 2.73. The Bertz CT molecular complexity index is 441. The Labute approximate surface area is 128 Å². The number of likely N-dealkylation sites (N-methyl/N-ethyl adjacent to an activating group) is 1. The number of aryl methyl sites for hydroxylation is 2. The van der Waals surface area contributed by atoms with Gasteiger partial charge in [-0.2, -0.15) is 5.10 Å². The van der Waals surface area contributed by atoms with Gasteiger partial charge in [0, 0.05) is 24.5 Å². The van der Waals surface area contributed by atoms with Crippen LogP contribution in [0.1, 0.15) is 45.5 Å². The molecule has 0 saturated carbocycles. The van der Waals surface area contributed by atoms with Gasteiger partial charge in [0.1, 0.15) is 0 Å². The van der Waals surface area contributed by atoms with E-state index >= 15 is 0 Å². The van der Waals surface area contributed by atoms with Crippen molar-refractivity contribution in [1.29, 1.82) is 0 Å². The molecule has 0 amide bonds. The molecule has 0 aliphatic heterocycles. The summed E-state index contributed by atoms with van der Waals surface area (Å²) in [5, 5.41) is 5.36. The smallest absolute Gasteiger partial charge is 0.0850 e. The van der Waals surface area contributed by atoms with Crippen molar-refractivity contribution in [2.24, 2.45) is 5.73 Å². The molecule has 5 heteroatoms. The van der Waals surface area contributed by atoms with Crippen molar-refractivity contribution in [2.75, 3.05) is 14.1 Å². The van der Waals surface area contributed by atoms with Gasteiger partial charge < -0.3 is 10.6 Å². The van der Waals surface area contributed by atoms with E-state index in [2.05, 4.69) is 51.8 Å². The molecule has 0 spiro atoms. The standard InChI is InChI=1S/C15H29ClN4/c1-7-11-14(16)12(20(9-3)18-11)10-13(17)15(4,8-2)19(5)6/h13H,7-10,17H2,1-6H3. The first-order chi connectivity index (χ1) is 9.31. The van der Waals surface area contributed by atoms with Crippen molar-refractivity contribution >= 4 is 11.6 Å². The van der Waals surface area contributed by atoms with Crippen molar-refractivity contribution in [3.63, 3.8) is 0 Å². The third-order valence-corrected chi connectivity index (χ3v) is 5.08. The van der Waals surface area contributed by atoms with Crippen molar-refractivity contribution < 1.29 is 0 Å². The molecule has 1 heterocycles. The maximum atomic E-state index is 6.50. The third kappa shape index (κ3) is 3.18. The largest absolute Gasteiger partial charge is 0.326 e. The first-order valence-corrected chi connectivity index (χ1v) is 7.86. The fraction of sp³-hybridized carbons (Fsp3) is 0.800. The van der Waals surface area contributed by atoms with Crippen LogP contribution in [0, 0.1) is 0 Å². The molecule has 1 rings (SSSR count). The maximum Gasteiger partial charge on any atom is 0.0850 e.